The molecule has 1 aromatic rings. The van der Waals surface area contributed by atoms with Gasteiger partial charge >= 0.3 is 0 Å². The van der Waals surface area contributed by atoms with Gasteiger partial charge in [-0.05, 0) is 41.9 Å². The highest BCUT2D eigenvalue weighted by Gasteiger charge is 2.08. The lowest BCUT2D eigenvalue weighted by molar-refractivity contribution is -0.120. The van der Waals surface area contributed by atoms with E-state index in [-0.39, 0.29) is 11.9 Å². The maximum atomic E-state index is 11.2. The van der Waals surface area contributed by atoms with Crippen LogP contribution in [0.5, 0.6) is 0 Å². The number of nitrogens with one attached hydrogen (secondary N) is 2. The van der Waals surface area contributed by atoms with Gasteiger partial charge in [0, 0.05) is 17.5 Å². The Balaban J connectivity index is 2.36. The second-order valence-electron chi connectivity index (χ2n) is 3.20. The van der Waals surface area contributed by atoms with Crippen molar-refractivity contribution in [2.75, 3.05) is 13.1 Å². The first-order valence-corrected chi connectivity index (χ1v) is 6.49. The van der Waals surface area contributed by atoms with E-state index in [0.717, 1.165) is 3.79 Å². The molecule has 1 amide bonds. The molecule has 2 N–H and O–H groups in total. The topological polar surface area (TPSA) is 41.1 Å². The third-order valence-electron chi connectivity index (χ3n) is 1.96. The van der Waals surface area contributed by atoms with Crippen LogP contribution in [0.3, 0.4) is 0 Å². The summed E-state index contributed by atoms with van der Waals surface area (Å²) in [5, 5.41) is 5.92. The number of likely N-dealkylation sites (N-methyl/N-ethyl adjacent to an activating group) is 1. The number of hydrogen-bond acceptors (Lipinski definition) is 3. The van der Waals surface area contributed by atoms with Gasteiger partial charge in [0.1, 0.15) is 0 Å². The van der Waals surface area contributed by atoms with E-state index >= 15 is 0 Å². The molecule has 15 heavy (non-hydrogen) atoms. The van der Waals surface area contributed by atoms with E-state index in [1.807, 2.05) is 13.0 Å². The van der Waals surface area contributed by atoms with Crippen LogP contribution in [0.1, 0.15) is 24.8 Å². The zero-order valence-corrected chi connectivity index (χ0v) is 11.2. The van der Waals surface area contributed by atoms with Crippen molar-refractivity contribution in [2.45, 2.75) is 19.9 Å². The van der Waals surface area contributed by atoms with Crippen LogP contribution in [0.4, 0.5) is 0 Å². The zero-order chi connectivity index (χ0) is 11.3. The summed E-state index contributed by atoms with van der Waals surface area (Å²) in [6, 6.07) is 4.29. The number of thiophene rings is 1. The van der Waals surface area contributed by atoms with Crippen molar-refractivity contribution in [3.05, 3.63) is 20.8 Å². The Morgan fingerprint density at radius 2 is 2.33 bits per heavy atom. The predicted molar refractivity (Wildman–Crippen MR) is 67.1 cm³/mol. The average molecular weight is 291 g/mol. The molecule has 0 aliphatic rings. The molecule has 84 valence electrons. The fourth-order valence-electron chi connectivity index (χ4n) is 1.17. The maximum absolute atomic E-state index is 11.2. The number of amides is 1. The first-order valence-electron chi connectivity index (χ1n) is 4.88. The third kappa shape index (κ3) is 4.32. The molecule has 1 rings (SSSR count). The molecule has 0 fully saturated rings. The minimum Gasteiger partial charge on any atom is -0.355 e. The van der Waals surface area contributed by atoms with Gasteiger partial charge in [-0.15, -0.1) is 11.3 Å². The fraction of sp³-hybridized carbons (Fsp3) is 0.500. The van der Waals surface area contributed by atoms with E-state index in [9.17, 15) is 4.79 Å². The summed E-state index contributed by atoms with van der Waals surface area (Å²) in [5.41, 5.74) is 0. The minimum absolute atomic E-state index is 0.0416. The first-order chi connectivity index (χ1) is 7.13. The van der Waals surface area contributed by atoms with Gasteiger partial charge in [0.25, 0.3) is 0 Å². The van der Waals surface area contributed by atoms with Gasteiger partial charge in [0.05, 0.1) is 10.3 Å². The third-order valence-corrected chi connectivity index (χ3v) is 3.77. The quantitative estimate of drug-likeness (QED) is 0.874. The second-order valence-corrected chi connectivity index (χ2v) is 5.69. The van der Waals surface area contributed by atoms with E-state index < -0.39 is 0 Å². The molecule has 3 nitrogen and oxygen atoms in total. The van der Waals surface area contributed by atoms with Crippen molar-refractivity contribution >= 4 is 33.2 Å². The molecule has 0 saturated carbocycles. The van der Waals surface area contributed by atoms with Crippen LogP contribution in [-0.4, -0.2) is 19.0 Å². The lowest BCUT2D eigenvalue weighted by Gasteiger charge is -2.11. The van der Waals surface area contributed by atoms with Gasteiger partial charge in [-0.3, -0.25) is 4.79 Å². The Hall–Kier alpha value is -0.390. The van der Waals surface area contributed by atoms with Gasteiger partial charge in [0.2, 0.25) is 5.91 Å². The van der Waals surface area contributed by atoms with Crippen LogP contribution < -0.4 is 10.6 Å². The van der Waals surface area contributed by atoms with Gasteiger partial charge in [-0.1, -0.05) is 0 Å². The maximum Gasteiger partial charge on any atom is 0.233 e. The van der Waals surface area contributed by atoms with E-state index in [1.165, 1.54) is 4.88 Å². The van der Waals surface area contributed by atoms with Crippen molar-refractivity contribution in [2.24, 2.45) is 0 Å². The Labute approximate surface area is 102 Å². The molecule has 0 aliphatic heterocycles. The second kappa shape index (κ2) is 6.25. The van der Waals surface area contributed by atoms with E-state index in [2.05, 4.69) is 39.6 Å². The van der Waals surface area contributed by atoms with Crippen LogP contribution in [0.2, 0.25) is 0 Å². The molecule has 0 aliphatic carbocycles. The molecule has 0 radical (unpaired) electrons. The first kappa shape index (κ1) is 12.7. The van der Waals surface area contributed by atoms with Gasteiger partial charge in [-0.2, -0.15) is 0 Å². The molecule has 0 spiro atoms. The summed E-state index contributed by atoms with van der Waals surface area (Å²) in [6.45, 7) is 5.01. The summed E-state index contributed by atoms with van der Waals surface area (Å²) < 4.78 is 1.11. The zero-order valence-electron chi connectivity index (χ0n) is 8.84. The van der Waals surface area contributed by atoms with Gasteiger partial charge < -0.3 is 10.6 Å². The Kier molecular flexibility index (Phi) is 5.28. The Morgan fingerprint density at radius 3 is 2.87 bits per heavy atom. The molecule has 1 aromatic heterocycles. The number of hydrogen-bond donors (Lipinski definition) is 2. The molecule has 1 atom stereocenters. The van der Waals surface area contributed by atoms with Crippen molar-refractivity contribution in [1.82, 2.24) is 10.6 Å². The van der Waals surface area contributed by atoms with Crippen molar-refractivity contribution in [3.8, 4) is 0 Å². The molecule has 0 bridgehead atoms. The highest BCUT2D eigenvalue weighted by molar-refractivity contribution is 9.11. The Morgan fingerprint density at radius 1 is 1.60 bits per heavy atom. The highest BCUT2D eigenvalue weighted by atomic mass is 79.9. The summed E-state index contributed by atoms with van der Waals surface area (Å²) in [4.78, 5) is 12.4. The molecule has 5 heteroatoms. The normalized spacial score (nSPS) is 12.5. The largest absolute Gasteiger partial charge is 0.355 e. The molecule has 1 unspecified atom stereocenters. The Bertz CT molecular complexity index is 327. The molecule has 0 saturated heterocycles. The standard InChI is InChI=1S/C10H15BrN2OS/c1-3-12-10(14)6-13-7(2)8-4-5-9(11)15-8/h4-5,7,13H,3,6H2,1-2H3,(H,12,14). The average Bonchev–Trinajstić information content (AvgIpc) is 2.62. The highest BCUT2D eigenvalue weighted by Crippen LogP contribution is 2.26. The SMILES string of the molecule is CCNC(=O)CNC(C)c1ccc(Br)s1. The summed E-state index contributed by atoms with van der Waals surface area (Å²) in [6.07, 6.45) is 0. The van der Waals surface area contributed by atoms with Crippen molar-refractivity contribution < 1.29 is 4.79 Å². The van der Waals surface area contributed by atoms with Gasteiger partial charge in [0.15, 0.2) is 0 Å². The van der Waals surface area contributed by atoms with Crippen LogP contribution in [0.15, 0.2) is 15.9 Å². The van der Waals surface area contributed by atoms with E-state index in [1.54, 1.807) is 11.3 Å². The van der Waals surface area contributed by atoms with Crippen LogP contribution in [0, 0.1) is 0 Å². The fourth-order valence-corrected chi connectivity index (χ4v) is 2.62. The minimum atomic E-state index is 0.0416. The predicted octanol–water partition coefficient (Wildman–Crippen LogP) is 2.30. The smallest absolute Gasteiger partial charge is 0.233 e. The number of halogens is 1. The summed E-state index contributed by atoms with van der Waals surface area (Å²) in [7, 11) is 0. The summed E-state index contributed by atoms with van der Waals surface area (Å²) in [5.74, 6) is 0.0416. The lowest BCUT2D eigenvalue weighted by Crippen LogP contribution is -2.34. The molecule has 0 aromatic carbocycles. The molecule has 1 heterocycles. The van der Waals surface area contributed by atoms with Gasteiger partial charge in [-0.25, -0.2) is 0 Å². The van der Waals surface area contributed by atoms with Crippen molar-refractivity contribution in [3.63, 3.8) is 0 Å². The van der Waals surface area contributed by atoms with Crippen LogP contribution in [-0.2, 0) is 4.79 Å². The van der Waals surface area contributed by atoms with Crippen molar-refractivity contribution in [1.29, 1.82) is 0 Å². The summed E-state index contributed by atoms with van der Waals surface area (Å²) >= 11 is 5.10. The molecular formula is C10H15BrN2OS. The monoisotopic (exact) mass is 290 g/mol. The lowest BCUT2D eigenvalue weighted by atomic mass is 10.3. The van der Waals surface area contributed by atoms with Crippen LogP contribution in [0.25, 0.3) is 0 Å². The van der Waals surface area contributed by atoms with E-state index in [4.69, 9.17) is 0 Å². The molecular weight excluding hydrogens is 276 g/mol. The van der Waals surface area contributed by atoms with Crippen LogP contribution >= 0.6 is 27.3 Å². The number of carbonyl (C=O) groups is 1. The van der Waals surface area contributed by atoms with E-state index in [0.29, 0.717) is 13.1 Å². The number of carbonyl (C=O) groups excluding carboxylic acids is 1. The number of rotatable bonds is 5.